The minimum absolute atomic E-state index is 0.00903. The maximum absolute atomic E-state index is 14.2. The lowest BCUT2D eigenvalue weighted by Crippen LogP contribution is -2.21. The van der Waals surface area contributed by atoms with E-state index in [2.05, 4.69) is 5.10 Å². The summed E-state index contributed by atoms with van der Waals surface area (Å²) in [5.74, 6) is 0.480. The van der Waals surface area contributed by atoms with Gasteiger partial charge in [-0.15, -0.1) is 0 Å². The summed E-state index contributed by atoms with van der Waals surface area (Å²) < 4.78 is 21.7. The largest absolute Gasteiger partial charge is 0.450 e. The van der Waals surface area contributed by atoms with Crippen molar-refractivity contribution in [3.8, 4) is 11.5 Å². The maximum Gasteiger partial charge on any atom is 0.171 e. The first-order chi connectivity index (χ1) is 9.93. The molecule has 0 saturated carbocycles. The zero-order valence-electron chi connectivity index (χ0n) is 13.0. The lowest BCUT2D eigenvalue weighted by atomic mass is 10.0. The Morgan fingerprint density at radius 1 is 1.33 bits per heavy atom. The quantitative estimate of drug-likeness (QED) is 0.920. The Balaban J connectivity index is 2.39. The van der Waals surface area contributed by atoms with Crippen molar-refractivity contribution >= 4 is 0 Å². The monoisotopic (exact) mass is 291 g/mol. The molecule has 5 heteroatoms. The highest BCUT2D eigenvalue weighted by atomic mass is 19.1. The minimum Gasteiger partial charge on any atom is -0.450 e. The van der Waals surface area contributed by atoms with Crippen molar-refractivity contribution in [2.24, 2.45) is 12.8 Å². The molecule has 114 valence electrons. The van der Waals surface area contributed by atoms with Gasteiger partial charge in [0.2, 0.25) is 0 Å². The van der Waals surface area contributed by atoms with E-state index in [1.54, 1.807) is 10.7 Å². The first-order valence-electron chi connectivity index (χ1n) is 7.15. The fourth-order valence-corrected chi connectivity index (χ4v) is 2.26. The molecule has 1 aromatic carbocycles. The molecule has 0 aliphatic carbocycles. The van der Waals surface area contributed by atoms with Crippen LogP contribution in [0.3, 0.4) is 0 Å². The van der Waals surface area contributed by atoms with Gasteiger partial charge in [-0.25, -0.2) is 4.39 Å². The Morgan fingerprint density at radius 2 is 2.05 bits per heavy atom. The molecule has 1 unspecified atom stereocenters. The van der Waals surface area contributed by atoms with E-state index in [1.807, 2.05) is 33.9 Å². The molecule has 2 aromatic rings. The molecule has 0 aliphatic rings. The zero-order valence-corrected chi connectivity index (χ0v) is 13.0. The molecule has 21 heavy (non-hydrogen) atoms. The Hall–Kier alpha value is -1.88. The van der Waals surface area contributed by atoms with Crippen LogP contribution in [-0.2, 0) is 13.5 Å². The number of rotatable bonds is 5. The van der Waals surface area contributed by atoms with E-state index in [4.69, 9.17) is 10.5 Å². The molecule has 0 radical (unpaired) electrons. The molecule has 0 bridgehead atoms. The van der Waals surface area contributed by atoms with Crippen molar-refractivity contribution in [2.75, 3.05) is 0 Å². The van der Waals surface area contributed by atoms with Crippen molar-refractivity contribution in [3.05, 3.63) is 41.0 Å². The molecule has 1 atom stereocenters. The van der Waals surface area contributed by atoms with Gasteiger partial charge in [0.15, 0.2) is 17.3 Å². The summed E-state index contributed by atoms with van der Waals surface area (Å²) in [4.78, 5) is 0. The summed E-state index contributed by atoms with van der Waals surface area (Å²) in [7, 11) is 1.84. The smallest absolute Gasteiger partial charge is 0.171 e. The predicted molar refractivity (Wildman–Crippen MR) is 81.1 cm³/mol. The average molecular weight is 291 g/mol. The minimum atomic E-state index is -0.376. The number of aryl methyl sites for hydroxylation is 2. The molecule has 4 nitrogen and oxygen atoms in total. The summed E-state index contributed by atoms with van der Waals surface area (Å²) in [6, 6.07) is 4.93. The van der Waals surface area contributed by atoms with Gasteiger partial charge >= 0.3 is 0 Å². The summed E-state index contributed by atoms with van der Waals surface area (Å²) in [6.07, 6.45) is 1.42. The Bertz CT molecular complexity index is 637. The van der Waals surface area contributed by atoms with Crippen molar-refractivity contribution < 1.29 is 9.13 Å². The molecule has 0 spiro atoms. The Morgan fingerprint density at radius 3 is 2.62 bits per heavy atom. The predicted octanol–water partition coefficient (Wildman–Crippen LogP) is 3.25. The van der Waals surface area contributed by atoms with Crippen LogP contribution < -0.4 is 10.5 Å². The molecule has 1 aromatic heterocycles. The molecule has 0 saturated heterocycles. The maximum atomic E-state index is 14.2. The van der Waals surface area contributed by atoms with Gasteiger partial charge in [-0.3, -0.25) is 4.68 Å². The molecule has 2 rings (SSSR count). The number of nitrogens with two attached hydrogens (primary N) is 1. The van der Waals surface area contributed by atoms with Gasteiger partial charge in [0.1, 0.15) is 5.69 Å². The van der Waals surface area contributed by atoms with E-state index in [1.165, 1.54) is 6.07 Å². The van der Waals surface area contributed by atoms with E-state index in [-0.39, 0.29) is 17.6 Å². The summed E-state index contributed by atoms with van der Waals surface area (Å²) in [6.45, 7) is 5.76. The number of para-hydroxylation sites is 1. The third-order valence-electron chi connectivity index (χ3n) is 3.70. The van der Waals surface area contributed by atoms with Crippen molar-refractivity contribution in [1.29, 1.82) is 0 Å². The van der Waals surface area contributed by atoms with E-state index in [0.29, 0.717) is 12.2 Å². The lowest BCUT2D eigenvalue weighted by Gasteiger charge is -2.15. The fraction of sp³-hybridized carbons (Fsp3) is 0.438. The van der Waals surface area contributed by atoms with Gasteiger partial charge in [-0.2, -0.15) is 5.10 Å². The van der Waals surface area contributed by atoms with Gasteiger partial charge in [-0.05, 0) is 38.3 Å². The second kappa shape index (κ2) is 6.26. The van der Waals surface area contributed by atoms with Gasteiger partial charge < -0.3 is 10.5 Å². The van der Waals surface area contributed by atoms with Crippen molar-refractivity contribution in [3.63, 3.8) is 0 Å². The fourth-order valence-electron chi connectivity index (χ4n) is 2.26. The van der Waals surface area contributed by atoms with Gasteiger partial charge in [-0.1, -0.05) is 19.1 Å². The SMILES string of the molecule is CCC(N)Cc1cccc(F)c1Oc1c(C)nn(C)c1C. The Kier molecular flexibility index (Phi) is 4.63. The van der Waals surface area contributed by atoms with Gasteiger partial charge in [0.25, 0.3) is 0 Å². The molecular weight excluding hydrogens is 269 g/mol. The van der Waals surface area contributed by atoms with Crippen LogP contribution in [0.25, 0.3) is 0 Å². The van der Waals surface area contributed by atoms with Gasteiger partial charge in [0.05, 0.1) is 5.69 Å². The standard InChI is InChI=1S/C16H22FN3O/c1-5-13(18)9-12-7-6-8-14(17)16(12)21-15-10(2)19-20(4)11(15)3/h6-8,13H,5,9,18H2,1-4H3. The van der Waals surface area contributed by atoms with E-state index < -0.39 is 0 Å². The number of halogens is 1. The van der Waals surface area contributed by atoms with E-state index >= 15 is 0 Å². The van der Waals surface area contributed by atoms with Crippen LogP contribution in [-0.4, -0.2) is 15.8 Å². The molecule has 2 N–H and O–H groups in total. The first-order valence-corrected chi connectivity index (χ1v) is 7.15. The number of nitrogens with zero attached hydrogens (tertiary/aromatic N) is 2. The number of benzene rings is 1. The van der Waals surface area contributed by atoms with Crippen molar-refractivity contribution in [2.45, 2.75) is 39.7 Å². The second-order valence-electron chi connectivity index (χ2n) is 5.33. The number of ether oxygens (including phenoxy) is 1. The summed E-state index contributed by atoms with van der Waals surface area (Å²) in [5.41, 5.74) is 8.37. The molecule has 0 fully saturated rings. The average Bonchev–Trinajstić information content (AvgIpc) is 2.68. The van der Waals surface area contributed by atoms with E-state index in [0.717, 1.165) is 23.4 Å². The Labute approximate surface area is 124 Å². The molecule has 0 aliphatic heterocycles. The highest BCUT2D eigenvalue weighted by Gasteiger charge is 2.17. The zero-order chi connectivity index (χ0) is 15.6. The third kappa shape index (κ3) is 3.24. The summed E-state index contributed by atoms with van der Waals surface area (Å²) in [5, 5.41) is 4.29. The highest BCUT2D eigenvalue weighted by molar-refractivity contribution is 5.42. The van der Waals surface area contributed by atoms with Crippen LogP contribution in [0, 0.1) is 19.7 Å². The lowest BCUT2D eigenvalue weighted by molar-refractivity contribution is 0.427. The number of aromatic nitrogens is 2. The molecule has 1 heterocycles. The highest BCUT2D eigenvalue weighted by Crippen LogP contribution is 2.33. The van der Waals surface area contributed by atoms with Crippen LogP contribution in [0.15, 0.2) is 18.2 Å². The van der Waals surface area contributed by atoms with E-state index in [9.17, 15) is 4.39 Å². The number of hydrogen-bond donors (Lipinski definition) is 1. The molecular formula is C16H22FN3O. The molecule has 0 amide bonds. The number of hydrogen-bond acceptors (Lipinski definition) is 3. The topological polar surface area (TPSA) is 53.1 Å². The van der Waals surface area contributed by atoms with Crippen LogP contribution in [0.5, 0.6) is 11.5 Å². The van der Waals surface area contributed by atoms with Crippen molar-refractivity contribution in [1.82, 2.24) is 9.78 Å². The van der Waals surface area contributed by atoms with Crippen LogP contribution in [0.4, 0.5) is 4.39 Å². The van der Waals surface area contributed by atoms with Crippen LogP contribution in [0.1, 0.15) is 30.3 Å². The van der Waals surface area contributed by atoms with Crippen LogP contribution >= 0.6 is 0 Å². The van der Waals surface area contributed by atoms with Gasteiger partial charge in [0, 0.05) is 13.1 Å². The second-order valence-corrected chi connectivity index (χ2v) is 5.33. The first kappa shape index (κ1) is 15.5. The third-order valence-corrected chi connectivity index (χ3v) is 3.70. The normalized spacial score (nSPS) is 12.5. The van der Waals surface area contributed by atoms with Crippen LogP contribution in [0.2, 0.25) is 0 Å². The summed E-state index contributed by atoms with van der Waals surface area (Å²) >= 11 is 0.